The van der Waals surface area contributed by atoms with Crippen molar-refractivity contribution >= 4 is 21.6 Å². The highest BCUT2D eigenvalue weighted by Gasteiger charge is 2.27. The van der Waals surface area contributed by atoms with Gasteiger partial charge in [-0.05, 0) is 18.2 Å². The van der Waals surface area contributed by atoms with Gasteiger partial charge >= 0.3 is 0 Å². The van der Waals surface area contributed by atoms with Gasteiger partial charge in [-0.1, -0.05) is 17.7 Å². The van der Waals surface area contributed by atoms with Crippen molar-refractivity contribution in [2.75, 3.05) is 26.2 Å². The van der Waals surface area contributed by atoms with Crippen LogP contribution in [-0.4, -0.2) is 38.9 Å². The summed E-state index contributed by atoms with van der Waals surface area (Å²) in [6.45, 7) is 2.77. The first-order chi connectivity index (χ1) is 7.60. The summed E-state index contributed by atoms with van der Waals surface area (Å²) in [4.78, 5) is 0.280. The lowest BCUT2D eigenvalue weighted by molar-refractivity contribution is -0.661. The topological polar surface area (TPSA) is 54.0 Å². The van der Waals surface area contributed by atoms with Crippen LogP contribution in [0.3, 0.4) is 0 Å². The second-order valence-corrected chi connectivity index (χ2v) is 6.10. The zero-order chi connectivity index (χ0) is 11.6. The molecule has 16 heavy (non-hydrogen) atoms. The SMILES string of the molecule is O=S(=O)(c1cccc(Cl)c1)N1CC[NH2+]CC1. The summed E-state index contributed by atoms with van der Waals surface area (Å²) >= 11 is 5.80. The van der Waals surface area contributed by atoms with Crippen LogP contribution in [0.25, 0.3) is 0 Å². The van der Waals surface area contributed by atoms with Crippen molar-refractivity contribution in [2.45, 2.75) is 4.90 Å². The van der Waals surface area contributed by atoms with Crippen LogP contribution in [0.4, 0.5) is 0 Å². The Morgan fingerprint density at radius 3 is 2.56 bits per heavy atom. The van der Waals surface area contributed by atoms with E-state index >= 15 is 0 Å². The summed E-state index contributed by atoms with van der Waals surface area (Å²) in [5.41, 5.74) is 0. The van der Waals surface area contributed by atoms with Crippen LogP contribution >= 0.6 is 11.6 Å². The van der Waals surface area contributed by atoms with Gasteiger partial charge in [0.2, 0.25) is 10.0 Å². The third-order valence-corrected chi connectivity index (χ3v) is 4.73. The summed E-state index contributed by atoms with van der Waals surface area (Å²) in [6, 6.07) is 6.41. The van der Waals surface area contributed by atoms with E-state index in [1.54, 1.807) is 18.2 Å². The monoisotopic (exact) mass is 261 g/mol. The molecule has 2 N–H and O–H groups in total. The molecular weight excluding hydrogens is 248 g/mol. The van der Waals surface area contributed by atoms with Crippen molar-refractivity contribution in [3.05, 3.63) is 29.3 Å². The molecule has 0 unspecified atom stereocenters. The van der Waals surface area contributed by atoms with Gasteiger partial charge in [-0.15, -0.1) is 0 Å². The molecular formula is C10H14ClN2O2S+. The van der Waals surface area contributed by atoms with Crippen LogP contribution < -0.4 is 5.32 Å². The summed E-state index contributed by atoms with van der Waals surface area (Å²) in [7, 11) is -3.36. The molecule has 0 spiro atoms. The van der Waals surface area contributed by atoms with E-state index in [9.17, 15) is 8.42 Å². The first-order valence-corrected chi connectivity index (χ1v) is 7.00. The van der Waals surface area contributed by atoms with Gasteiger partial charge in [0.05, 0.1) is 31.1 Å². The quantitative estimate of drug-likeness (QED) is 0.809. The van der Waals surface area contributed by atoms with Gasteiger partial charge in [0.15, 0.2) is 0 Å². The van der Waals surface area contributed by atoms with E-state index in [1.165, 1.54) is 10.4 Å². The Bertz CT molecular complexity index is 469. The zero-order valence-corrected chi connectivity index (χ0v) is 10.3. The molecule has 1 aromatic carbocycles. The number of rotatable bonds is 2. The van der Waals surface area contributed by atoms with Gasteiger partial charge in [-0.2, -0.15) is 4.31 Å². The van der Waals surface area contributed by atoms with Gasteiger partial charge < -0.3 is 5.32 Å². The predicted octanol–water partition coefficient (Wildman–Crippen LogP) is -0.0923. The minimum atomic E-state index is -3.36. The van der Waals surface area contributed by atoms with Crippen molar-refractivity contribution in [1.29, 1.82) is 0 Å². The first-order valence-electron chi connectivity index (χ1n) is 5.18. The van der Waals surface area contributed by atoms with Gasteiger partial charge in [0.25, 0.3) is 0 Å². The number of quaternary nitrogens is 1. The molecule has 0 amide bonds. The van der Waals surface area contributed by atoms with Crippen molar-refractivity contribution in [3.8, 4) is 0 Å². The molecule has 0 aliphatic carbocycles. The lowest BCUT2D eigenvalue weighted by Gasteiger charge is -2.24. The highest BCUT2D eigenvalue weighted by atomic mass is 35.5. The Labute approximate surface area is 100 Å². The van der Waals surface area contributed by atoms with Crippen LogP contribution in [-0.2, 0) is 10.0 Å². The van der Waals surface area contributed by atoms with Gasteiger partial charge in [0.1, 0.15) is 0 Å². The fourth-order valence-electron chi connectivity index (χ4n) is 1.74. The number of hydrogen-bond donors (Lipinski definition) is 1. The molecule has 1 fully saturated rings. The van der Waals surface area contributed by atoms with E-state index in [1.807, 2.05) is 0 Å². The lowest BCUT2D eigenvalue weighted by atomic mass is 10.4. The zero-order valence-electron chi connectivity index (χ0n) is 8.77. The van der Waals surface area contributed by atoms with Crippen LogP contribution in [0.1, 0.15) is 0 Å². The Kier molecular flexibility index (Phi) is 3.49. The third-order valence-electron chi connectivity index (χ3n) is 2.60. The maximum atomic E-state index is 12.2. The summed E-state index contributed by atoms with van der Waals surface area (Å²) in [5.74, 6) is 0. The van der Waals surface area contributed by atoms with Crippen LogP contribution in [0.5, 0.6) is 0 Å². The Morgan fingerprint density at radius 1 is 1.25 bits per heavy atom. The molecule has 1 aliphatic heterocycles. The van der Waals surface area contributed by atoms with E-state index in [-0.39, 0.29) is 4.90 Å². The molecule has 1 aromatic rings. The van der Waals surface area contributed by atoms with Crippen molar-refractivity contribution in [3.63, 3.8) is 0 Å². The number of benzene rings is 1. The minimum Gasteiger partial charge on any atom is -0.344 e. The molecule has 88 valence electrons. The van der Waals surface area contributed by atoms with Gasteiger partial charge in [0, 0.05) is 5.02 Å². The predicted molar refractivity (Wildman–Crippen MR) is 61.9 cm³/mol. The highest BCUT2D eigenvalue weighted by Crippen LogP contribution is 2.19. The molecule has 6 heteroatoms. The van der Waals surface area contributed by atoms with Gasteiger partial charge in [-0.3, -0.25) is 0 Å². The molecule has 1 heterocycles. The van der Waals surface area contributed by atoms with Crippen molar-refractivity contribution in [2.24, 2.45) is 0 Å². The lowest BCUT2D eigenvalue weighted by Crippen LogP contribution is -2.89. The number of nitrogens with two attached hydrogens (primary N) is 1. The normalized spacial score (nSPS) is 18.6. The Morgan fingerprint density at radius 2 is 1.94 bits per heavy atom. The third kappa shape index (κ3) is 2.38. The fourth-order valence-corrected chi connectivity index (χ4v) is 3.51. The molecule has 1 saturated heterocycles. The number of nitrogens with zero attached hydrogens (tertiary/aromatic N) is 1. The standard InChI is InChI=1S/C10H13ClN2O2S/c11-9-2-1-3-10(8-9)16(14,15)13-6-4-12-5-7-13/h1-3,8,12H,4-7H2/p+1. The van der Waals surface area contributed by atoms with E-state index < -0.39 is 10.0 Å². The molecule has 0 saturated carbocycles. The number of halogens is 1. The average Bonchev–Trinajstić information content (AvgIpc) is 2.30. The molecule has 1 aliphatic rings. The van der Waals surface area contributed by atoms with Gasteiger partial charge in [-0.25, -0.2) is 8.42 Å². The van der Waals surface area contributed by atoms with Crippen LogP contribution in [0.2, 0.25) is 5.02 Å². The van der Waals surface area contributed by atoms with E-state index in [4.69, 9.17) is 11.6 Å². The summed E-state index contributed by atoms with van der Waals surface area (Å²) < 4.78 is 25.9. The summed E-state index contributed by atoms with van der Waals surface area (Å²) in [5, 5.41) is 2.56. The first kappa shape index (κ1) is 11.9. The smallest absolute Gasteiger partial charge is 0.243 e. The second-order valence-electron chi connectivity index (χ2n) is 3.73. The molecule has 0 bridgehead atoms. The molecule has 0 aromatic heterocycles. The molecule has 0 radical (unpaired) electrons. The second kappa shape index (κ2) is 4.71. The average molecular weight is 262 g/mol. The maximum Gasteiger partial charge on any atom is 0.243 e. The van der Waals surface area contributed by atoms with E-state index in [2.05, 4.69) is 5.32 Å². The Hall–Kier alpha value is -0.620. The number of piperazine rings is 1. The van der Waals surface area contributed by atoms with E-state index in [0.717, 1.165) is 13.1 Å². The summed E-state index contributed by atoms with van der Waals surface area (Å²) in [6.07, 6.45) is 0. The molecule has 4 nitrogen and oxygen atoms in total. The Balaban J connectivity index is 2.30. The minimum absolute atomic E-state index is 0.280. The van der Waals surface area contributed by atoms with E-state index in [0.29, 0.717) is 18.1 Å². The highest BCUT2D eigenvalue weighted by molar-refractivity contribution is 7.89. The van der Waals surface area contributed by atoms with Crippen molar-refractivity contribution in [1.82, 2.24) is 4.31 Å². The number of sulfonamides is 1. The maximum absolute atomic E-state index is 12.2. The van der Waals surface area contributed by atoms with Crippen LogP contribution in [0.15, 0.2) is 29.2 Å². The van der Waals surface area contributed by atoms with Crippen LogP contribution in [0, 0.1) is 0 Å². The largest absolute Gasteiger partial charge is 0.344 e. The number of hydrogen-bond acceptors (Lipinski definition) is 2. The van der Waals surface area contributed by atoms with Crippen molar-refractivity contribution < 1.29 is 13.7 Å². The fraction of sp³-hybridized carbons (Fsp3) is 0.400. The molecule has 0 atom stereocenters. The molecule has 2 rings (SSSR count).